The van der Waals surface area contributed by atoms with E-state index in [-0.39, 0.29) is 0 Å². The average molecular weight is 720 g/mol. The van der Waals surface area contributed by atoms with E-state index in [1.807, 2.05) is 127 Å². The van der Waals surface area contributed by atoms with Crippen LogP contribution in [0, 0.1) is 0 Å². The fraction of sp³-hybridized carbons (Fsp3) is 0. The number of furan rings is 2. The summed E-state index contributed by atoms with van der Waals surface area (Å²) < 4.78 is 12.8. The normalized spacial score (nSPS) is 11.6. The first-order chi connectivity index (χ1) is 27.7. The number of hydrogen-bond donors (Lipinski definition) is 0. The number of para-hydroxylation sites is 1. The summed E-state index contributed by atoms with van der Waals surface area (Å²) in [7, 11) is 0. The fourth-order valence-corrected chi connectivity index (χ4v) is 7.48. The minimum absolute atomic E-state index is 0.585. The third kappa shape index (κ3) is 5.41. The highest BCUT2D eigenvalue weighted by molar-refractivity contribution is 6.13. The van der Waals surface area contributed by atoms with Gasteiger partial charge in [-0.05, 0) is 53.6 Å². The van der Waals surface area contributed by atoms with Crippen molar-refractivity contribution in [1.82, 2.24) is 24.9 Å². The molecule has 0 atom stereocenters. The van der Waals surface area contributed by atoms with Crippen LogP contribution in [0.4, 0.5) is 0 Å². The van der Waals surface area contributed by atoms with Crippen LogP contribution in [0.3, 0.4) is 0 Å². The van der Waals surface area contributed by atoms with Crippen LogP contribution in [-0.2, 0) is 0 Å². The Kier molecular flexibility index (Phi) is 7.35. The summed E-state index contributed by atoms with van der Waals surface area (Å²) in [5.74, 6) is 2.43. The molecule has 11 rings (SSSR count). The van der Waals surface area contributed by atoms with Gasteiger partial charge in [-0.15, -0.1) is 0 Å². The molecule has 0 N–H and O–H groups in total. The molecular formula is C49H29N5O2. The Morgan fingerprint density at radius 3 is 1.59 bits per heavy atom. The summed E-state index contributed by atoms with van der Waals surface area (Å²) in [6, 6.07) is 58.9. The molecule has 0 aliphatic heterocycles. The molecule has 262 valence electrons. The fourth-order valence-electron chi connectivity index (χ4n) is 7.48. The molecule has 4 heterocycles. The molecule has 0 bridgehead atoms. The molecule has 0 radical (unpaired) electrons. The Morgan fingerprint density at radius 1 is 0.321 bits per heavy atom. The molecule has 7 aromatic carbocycles. The van der Waals surface area contributed by atoms with Crippen molar-refractivity contribution in [3.63, 3.8) is 0 Å². The first kappa shape index (κ1) is 31.7. The molecule has 0 unspecified atom stereocenters. The van der Waals surface area contributed by atoms with E-state index in [0.29, 0.717) is 28.9 Å². The number of fused-ring (bicyclic) bond motifs is 6. The molecule has 11 aromatic rings. The monoisotopic (exact) mass is 719 g/mol. The Hall–Kier alpha value is -7.77. The average Bonchev–Trinajstić information content (AvgIpc) is 3.85. The highest BCUT2D eigenvalue weighted by Crippen LogP contribution is 2.40. The number of rotatable bonds is 6. The Bertz CT molecular complexity index is 3190. The van der Waals surface area contributed by atoms with Gasteiger partial charge in [0.1, 0.15) is 28.0 Å². The van der Waals surface area contributed by atoms with Crippen LogP contribution in [0.15, 0.2) is 185 Å². The Morgan fingerprint density at radius 2 is 0.857 bits per heavy atom. The SMILES string of the molecule is c1ccc(-c2nc(-c3ccccc3)nc(-c3ccc4oc5cccc(-c6cccc(-c7nc(-c8ccccc8)c8oc9ccccc9c8n7)c6)c5c4c3)n2)cc1. The zero-order valence-electron chi connectivity index (χ0n) is 29.8. The van der Waals surface area contributed by atoms with E-state index in [0.717, 1.165) is 83.1 Å². The highest BCUT2D eigenvalue weighted by atomic mass is 16.3. The number of nitrogens with zero attached hydrogens (tertiary/aromatic N) is 5. The molecule has 7 heteroatoms. The quantitative estimate of drug-likeness (QED) is 0.169. The number of aromatic nitrogens is 5. The van der Waals surface area contributed by atoms with E-state index >= 15 is 0 Å². The van der Waals surface area contributed by atoms with Crippen LogP contribution in [0.1, 0.15) is 0 Å². The second-order valence-electron chi connectivity index (χ2n) is 13.6. The Labute approximate surface area is 320 Å². The summed E-state index contributed by atoms with van der Waals surface area (Å²) in [5.41, 5.74) is 11.2. The van der Waals surface area contributed by atoms with Crippen molar-refractivity contribution in [2.75, 3.05) is 0 Å². The first-order valence-electron chi connectivity index (χ1n) is 18.4. The van der Waals surface area contributed by atoms with Crippen LogP contribution >= 0.6 is 0 Å². The van der Waals surface area contributed by atoms with Gasteiger partial charge < -0.3 is 8.83 Å². The summed E-state index contributed by atoms with van der Waals surface area (Å²) >= 11 is 0. The van der Waals surface area contributed by atoms with Gasteiger partial charge in [-0.3, -0.25) is 0 Å². The summed E-state index contributed by atoms with van der Waals surface area (Å²) in [6.45, 7) is 0. The largest absolute Gasteiger partial charge is 0.456 e. The number of benzene rings is 7. The second kappa shape index (κ2) is 13.0. The lowest BCUT2D eigenvalue weighted by molar-refractivity contribution is 0.667. The minimum atomic E-state index is 0.585. The molecule has 0 saturated heterocycles. The van der Waals surface area contributed by atoms with E-state index < -0.39 is 0 Å². The van der Waals surface area contributed by atoms with Crippen LogP contribution in [-0.4, -0.2) is 24.9 Å². The summed E-state index contributed by atoms with van der Waals surface area (Å²) in [5, 5.41) is 2.93. The van der Waals surface area contributed by atoms with Gasteiger partial charge >= 0.3 is 0 Å². The molecule has 0 saturated carbocycles. The van der Waals surface area contributed by atoms with Gasteiger partial charge in [0.2, 0.25) is 0 Å². The van der Waals surface area contributed by atoms with Crippen LogP contribution < -0.4 is 0 Å². The van der Waals surface area contributed by atoms with Gasteiger partial charge in [-0.1, -0.05) is 133 Å². The van der Waals surface area contributed by atoms with Crippen molar-refractivity contribution in [3.8, 4) is 67.9 Å². The topological polar surface area (TPSA) is 90.7 Å². The van der Waals surface area contributed by atoms with Crippen molar-refractivity contribution >= 4 is 44.0 Å². The highest BCUT2D eigenvalue weighted by Gasteiger charge is 2.20. The van der Waals surface area contributed by atoms with Gasteiger partial charge in [0, 0.05) is 44.0 Å². The van der Waals surface area contributed by atoms with Crippen molar-refractivity contribution < 1.29 is 8.83 Å². The molecule has 0 amide bonds. The van der Waals surface area contributed by atoms with Gasteiger partial charge in [0.05, 0.1) is 0 Å². The maximum absolute atomic E-state index is 6.46. The van der Waals surface area contributed by atoms with E-state index in [1.54, 1.807) is 0 Å². The smallest absolute Gasteiger partial charge is 0.180 e. The lowest BCUT2D eigenvalue weighted by Crippen LogP contribution is -2.00. The van der Waals surface area contributed by atoms with Crippen LogP contribution in [0.25, 0.3) is 112 Å². The molecule has 0 aliphatic carbocycles. The first-order valence-corrected chi connectivity index (χ1v) is 18.4. The third-order valence-electron chi connectivity index (χ3n) is 10.2. The maximum Gasteiger partial charge on any atom is 0.180 e. The molecule has 0 fully saturated rings. The van der Waals surface area contributed by atoms with Crippen molar-refractivity contribution in [2.24, 2.45) is 0 Å². The predicted molar refractivity (Wildman–Crippen MR) is 223 cm³/mol. The van der Waals surface area contributed by atoms with Crippen molar-refractivity contribution in [3.05, 3.63) is 176 Å². The lowest BCUT2D eigenvalue weighted by Gasteiger charge is -2.09. The Balaban J connectivity index is 1.07. The zero-order chi connectivity index (χ0) is 37.0. The van der Waals surface area contributed by atoms with Crippen LogP contribution in [0.5, 0.6) is 0 Å². The molecule has 56 heavy (non-hydrogen) atoms. The van der Waals surface area contributed by atoms with Gasteiger partial charge in [0.15, 0.2) is 28.9 Å². The number of hydrogen-bond acceptors (Lipinski definition) is 7. The summed E-state index contributed by atoms with van der Waals surface area (Å²) in [6.07, 6.45) is 0. The molecule has 0 aliphatic rings. The van der Waals surface area contributed by atoms with Gasteiger partial charge in [-0.2, -0.15) is 0 Å². The van der Waals surface area contributed by atoms with E-state index in [2.05, 4.69) is 48.5 Å². The van der Waals surface area contributed by atoms with Crippen LogP contribution in [0.2, 0.25) is 0 Å². The van der Waals surface area contributed by atoms with E-state index in [1.165, 1.54) is 0 Å². The molecule has 0 spiro atoms. The van der Waals surface area contributed by atoms with Gasteiger partial charge in [0.25, 0.3) is 0 Å². The standard InChI is InChI=1S/C49H29N5O2/c1-4-14-30(15-5-1)43-45-44(37-22-10-11-24-39(37)56-45)51-48(50-43)34-21-12-20-33(28-34)36-23-13-25-41-42(36)38-29-35(26-27-40(38)55-41)49-53-46(31-16-6-2-7-17-31)52-47(54-49)32-18-8-3-9-19-32/h1-29H. The predicted octanol–water partition coefficient (Wildman–Crippen LogP) is 12.5. The minimum Gasteiger partial charge on any atom is -0.456 e. The summed E-state index contributed by atoms with van der Waals surface area (Å²) in [4.78, 5) is 25.1. The van der Waals surface area contributed by atoms with Crippen molar-refractivity contribution in [1.29, 1.82) is 0 Å². The lowest BCUT2D eigenvalue weighted by atomic mass is 9.97. The van der Waals surface area contributed by atoms with E-state index in [9.17, 15) is 0 Å². The zero-order valence-corrected chi connectivity index (χ0v) is 29.8. The molecule has 4 aromatic heterocycles. The van der Waals surface area contributed by atoms with Gasteiger partial charge in [-0.25, -0.2) is 24.9 Å². The molecule has 7 nitrogen and oxygen atoms in total. The maximum atomic E-state index is 6.46. The third-order valence-corrected chi connectivity index (χ3v) is 10.2. The van der Waals surface area contributed by atoms with E-state index in [4.69, 9.17) is 33.8 Å². The van der Waals surface area contributed by atoms with Crippen molar-refractivity contribution in [2.45, 2.75) is 0 Å². The molecular weight excluding hydrogens is 691 g/mol. The second-order valence-corrected chi connectivity index (χ2v) is 13.6.